The minimum atomic E-state index is -0.313. The van der Waals surface area contributed by atoms with Crippen LogP contribution in [0.15, 0.2) is 212 Å². The van der Waals surface area contributed by atoms with Gasteiger partial charge in [-0.05, 0) is 59.6 Å². The molecular weight excluding hydrogens is 787 g/mol. The molecule has 4 aromatic heterocycles. The van der Waals surface area contributed by atoms with Crippen LogP contribution < -0.4 is 0 Å². The Morgan fingerprint density at radius 1 is 0.397 bits per heavy atom. The van der Waals surface area contributed by atoms with Crippen LogP contribution in [0.3, 0.4) is 0 Å². The lowest BCUT2D eigenvalue weighted by molar-refractivity contribution is 0.953. The Morgan fingerprint density at radius 3 is 1.76 bits per heavy atom. The first kappa shape index (κ1) is 29.9. The van der Waals surface area contributed by atoms with E-state index in [0.29, 0.717) is 49.4 Å². The maximum atomic E-state index is 9.72. The van der Waals surface area contributed by atoms with Crippen LogP contribution in [-0.2, 0) is 0 Å². The van der Waals surface area contributed by atoms with Crippen molar-refractivity contribution in [2.45, 2.75) is 0 Å². The number of aromatic nitrogens is 5. The highest BCUT2D eigenvalue weighted by atomic mass is 32.1. The monoisotopic (exact) mass is 827 g/mol. The second-order valence-corrected chi connectivity index (χ2v) is 16.5. The maximum absolute atomic E-state index is 9.72. The zero-order valence-electron chi connectivity index (χ0n) is 39.4. The predicted octanol–water partition coefficient (Wildman–Crippen LogP) is 15.1. The van der Waals surface area contributed by atoms with Crippen molar-refractivity contribution in [3.05, 3.63) is 212 Å². The van der Waals surface area contributed by atoms with Crippen LogP contribution in [0, 0.1) is 0 Å². The number of benzene rings is 9. The molecule has 0 spiro atoms. The lowest BCUT2D eigenvalue weighted by Crippen LogP contribution is -2.07. The molecule has 13 rings (SSSR count). The van der Waals surface area contributed by atoms with Gasteiger partial charge in [-0.1, -0.05) is 164 Å². The smallest absolute Gasteiger partial charge is 0.238 e. The van der Waals surface area contributed by atoms with E-state index in [-0.39, 0.29) is 47.0 Å². The van der Waals surface area contributed by atoms with Crippen molar-refractivity contribution in [1.29, 1.82) is 0 Å². The summed E-state index contributed by atoms with van der Waals surface area (Å²) in [6.07, 6.45) is 0. The SMILES string of the molecule is [2H]c1cc([2H])c2sc3c(-c4cc(-c5nc(-c6ccccc6)nc(-n6c7ccccc7c7c(-c8ccccc8)cccc76)n5)ccc4-n4c5ccccc5c5ccccc54)c([2H])c([2H])c([2H])c3c2c1[2H]. The van der Waals surface area contributed by atoms with E-state index in [2.05, 4.69) is 75.9 Å². The summed E-state index contributed by atoms with van der Waals surface area (Å²) in [5, 5.41) is 4.77. The number of fused-ring (bicyclic) bond motifs is 9. The molecule has 0 aliphatic heterocycles. The summed E-state index contributed by atoms with van der Waals surface area (Å²) in [6, 6.07) is 57.6. The normalized spacial score (nSPS) is 13.1. The fraction of sp³-hybridized carbons (Fsp3) is 0. The van der Waals surface area contributed by atoms with Crippen molar-refractivity contribution in [2.75, 3.05) is 0 Å². The fourth-order valence-electron chi connectivity index (χ4n) is 9.22. The maximum Gasteiger partial charge on any atom is 0.238 e. The van der Waals surface area contributed by atoms with Gasteiger partial charge in [0.25, 0.3) is 0 Å². The highest BCUT2D eigenvalue weighted by molar-refractivity contribution is 7.26. The van der Waals surface area contributed by atoms with Gasteiger partial charge in [-0.15, -0.1) is 11.3 Å². The molecule has 0 aliphatic rings. The van der Waals surface area contributed by atoms with Gasteiger partial charge in [-0.25, -0.2) is 4.98 Å². The van der Waals surface area contributed by atoms with Gasteiger partial charge in [0, 0.05) is 64.0 Å². The van der Waals surface area contributed by atoms with E-state index >= 15 is 0 Å². The fourth-order valence-corrected chi connectivity index (χ4v) is 10.3. The molecule has 4 heterocycles. The Labute approximate surface area is 374 Å². The lowest BCUT2D eigenvalue weighted by atomic mass is 9.98. The van der Waals surface area contributed by atoms with Gasteiger partial charge < -0.3 is 4.57 Å². The lowest BCUT2D eigenvalue weighted by Gasteiger charge is -2.17. The first-order valence-electron chi connectivity index (χ1n) is 23.7. The summed E-state index contributed by atoms with van der Waals surface area (Å²) in [5.41, 5.74) is 9.00. The van der Waals surface area contributed by atoms with Crippen LogP contribution >= 0.6 is 11.3 Å². The molecule has 6 heteroatoms. The van der Waals surface area contributed by atoms with Crippen molar-refractivity contribution in [3.8, 4) is 56.7 Å². The first-order chi connectivity index (χ1) is 33.7. The molecule has 9 aromatic carbocycles. The molecule has 0 fully saturated rings. The topological polar surface area (TPSA) is 48.5 Å². The molecule has 0 aliphatic carbocycles. The average Bonchev–Trinajstić information content (AvgIpc) is 4.07. The van der Waals surface area contributed by atoms with Gasteiger partial charge in [0.1, 0.15) is 0 Å². The highest BCUT2D eigenvalue weighted by Gasteiger charge is 2.23. The summed E-state index contributed by atoms with van der Waals surface area (Å²) < 4.78 is 59.9. The van der Waals surface area contributed by atoms with Crippen LogP contribution in [0.1, 0.15) is 8.22 Å². The van der Waals surface area contributed by atoms with Crippen molar-refractivity contribution in [2.24, 2.45) is 0 Å². The summed E-state index contributed by atoms with van der Waals surface area (Å²) >= 11 is 1.22. The van der Waals surface area contributed by atoms with Gasteiger partial charge in [0.05, 0.1) is 36.0 Å². The third-order valence-electron chi connectivity index (χ3n) is 12.0. The van der Waals surface area contributed by atoms with Crippen molar-refractivity contribution in [3.63, 3.8) is 0 Å². The van der Waals surface area contributed by atoms with Crippen LogP contribution in [0.25, 0.3) is 120 Å². The van der Waals surface area contributed by atoms with E-state index in [0.717, 1.165) is 60.3 Å². The molecule has 0 atom stereocenters. The zero-order chi connectivity index (χ0) is 46.7. The van der Waals surface area contributed by atoms with E-state index in [1.807, 2.05) is 103 Å². The van der Waals surface area contributed by atoms with Crippen LogP contribution in [0.2, 0.25) is 0 Å². The largest absolute Gasteiger partial charge is 0.309 e. The molecule has 0 unspecified atom stereocenters. The Morgan fingerprint density at radius 2 is 1.02 bits per heavy atom. The molecule has 0 amide bonds. The first-order valence-corrected chi connectivity index (χ1v) is 21.5. The molecule has 13 aromatic rings. The number of para-hydroxylation sites is 3. The minimum absolute atomic E-state index is 0.0547. The second kappa shape index (κ2) is 14.2. The van der Waals surface area contributed by atoms with Crippen molar-refractivity contribution < 1.29 is 8.22 Å². The summed E-state index contributed by atoms with van der Waals surface area (Å²) in [4.78, 5) is 15.8. The second-order valence-electron chi connectivity index (χ2n) is 15.5. The van der Waals surface area contributed by atoms with Crippen LogP contribution in [0.4, 0.5) is 0 Å². The average molecular weight is 828 g/mol. The molecule has 0 saturated heterocycles. The molecule has 0 N–H and O–H groups in total. The van der Waals surface area contributed by atoms with E-state index < -0.39 is 0 Å². The molecule has 5 nitrogen and oxygen atoms in total. The van der Waals surface area contributed by atoms with Crippen LogP contribution in [-0.4, -0.2) is 24.1 Å². The summed E-state index contributed by atoms with van der Waals surface area (Å²) in [7, 11) is 0. The van der Waals surface area contributed by atoms with Gasteiger partial charge in [-0.3, -0.25) is 4.57 Å². The number of hydrogen-bond acceptors (Lipinski definition) is 4. The standard InChI is InChI=1S/C57H35N5S/c1-3-17-36(18-4-1)39-25-16-31-51-53(39)45-24-9-13-30-49(45)62(51)57-59-55(37-19-5-2-6-20-37)58-56(60-57)38-33-34-50(61-47-28-11-7-21-40(47)41-22-8-12-29-48(41)61)46(35-38)44-27-15-26-43-42-23-10-14-32-52(42)63-54(43)44/h1-35H/i10D,15D,23D,26D,27D,32D. The Balaban J connectivity index is 1.14. The third kappa shape index (κ3) is 5.59. The Hall–Kier alpha value is -8.19. The van der Waals surface area contributed by atoms with Crippen molar-refractivity contribution >= 4 is 75.1 Å². The number of rotatable bonds is 6. The van der Waals surface area contributed by atoms with Crippen molar-refractivity contribution in [1.82, 2.24) is 24.1 Å². The number of thiophene rings is 1. The molecule has 294 valence electrons. The minimum Gasteiger partial charge on any atom is -0.309 e. The van der Waals surface area contributed by atoms with E-state index in [9.17, 15) is 4.11 Å². The van der Waals surface area contributed by atoms with E-state index in [1.54, 1.807) is 0 Å². The van der Waals surface area contributed by atoms with Gasteiger partial charge in [0.15, 0.2) is 11.6 Å². The molecule has 63 heavy (non-hydrogen) atoms. The van der Waals surface area contributed by atoms with E-state index in [1.165, 1.54) is 17.4 Å². The van der Waals surface area contributed by atoms with Gasteiger partial charge >= 0.3 is 0 Å². The molecule has 0 saturated carbocycles. The molecule has 0 bridgehead atoms. The highest BCUT2D eigenvalue weighted by Crippen LogP contribution is 2.45. The summed E-state index contributed by atoms with van der Waals surface area (Å²) in [6.45, 7) is 0. The van der Waals surface area contributed by atoms with Gasteiger partial charge in [-0.2, -0.15) is 9.97 Å². The molecule has 0 radical (unpaired) electrons. The van der Waals surface area contributed by atoms with Crippen LogP contribution in [0.5, 0.6) is 0 Å². The quantitative estimate of drug-likeness (QED) is 0.168. The van der Waals surface area contributed by atoms with E-state index in [4.69, 9.17) is 19.1 Å². The zero-order valence-corrected chi connectivity index (χ0v) is 34.2. The number of nitrogens with zero attached hydrogens (tertiary/aromatic N) is 5. The predicted molar refractivity (Wildman–Crippen MR) is 263 cm³/mol. The molecular formula is C57H35N5S. The van der Waals surface area contributed by atoms with Gasteiger partial charge in [0.2, 0.25) is 5.95 Å². The third-order valence-corrected chi connectivity index (χ3v) is 13.1. The summed E-state index contributed by atoms with van der Waals surface area (Å²) in [5.74, 6) is 1.26. The number of hydrogen-bond donors (Lipinski definition) is 0. The Kier molecular flexibility index (Phi) is 6.75. The Bertz CT molecular complexity index is 4220.